The summed E-state index contributed by atoms with van der Waals surface area (Å²) in [6, 6.07) is 0. The van der Waals surface area contributed by atoms with Crippen LogP contribution in [0, 0.1) is 6.92 Å². The molecule has 5 heteroatoms. The van der Waals surface area contributed by atoms with E-state index in [4.69, 9.17) is 16.1 Å². The SMILES string of the molecule is CCCN(CCCl)C(=O)c1cnoc1C. The third kappa shape index (κ3) is 2.96. The molecule has 0 aliphatic heterocycles. The maximum absolute atomic E-state index is 12.0. The second kappa shape index (κ2) is 5.75. The normalized spacial score (nSPS) is 10.3. The molecule has 0 radical (unpaired) electrons. The van der Waals surface area contributed by atoms with Gasteiger partial charge in [0.25, 0.3) is 5.91 Å². The molecule has 0 aliphatic rings. The molecule has 0 fully saturated rings. The van der Waals surface area contributed by atoms with Gasteiger partial charge in [-0.2, -0.15) is 0 Å². The number of halogens is 1. The first-order valence-electron chi connectivity index (χ1n) is 4.97. The molecule has 1 aromatic heterocycles. The number of hydrogen-bond donors (Lipinski definition) is 0. The number of carbonyl (C=O) groups is 1. The van der Waals surface area contributed by atoms with E-state index in [2.05, 4.69) is 5.16 Å². The first-order chi connectivity index (χ1) is 7.20. The van der Waals surface area contributed by atoms with Crippen molar-refractivity contribution in [3.8, 4) is 0 Å². The van der Waals surface area contributed by atoms with Crippen molar-refractivity contribution in [1.29, 1.82) is 0 Å². The average molecular weight is 231 g/mol. The van der Waals surface area contributed by atoms with Gasteiger partial charge in [0, 0.05) is 19.0 Å². The van der Waals surface area contributed by atoms with E-state index in [9.17, 15) is 4.79 Å². The average Bonchev–Trinajstić information content (AvgIpc) is 2.63. The van der Waals surface area contributed by atoms with Crippen molar-refractivity contribution >= 4 is 17.5 Å². The quantitative estimate of drug-likeness (QED) is 0.728. The number of aromatic nitrogens is 1. The lowest BCUT2D eigenvalue weighted by atomic mass is 10.2. The summed E-state index contributed by atoms with van der Waals surface area (Å²) >= 11 is 5.64. The molecular weight excluding hydrogens is 216 g/mol. The zero-order valence-corrected chi connectivity index (χ0v) is 9.75. The highest BCUT2D eigenvalue weighted by atomic mass is 35.5. The van der Waals surface area contributed by atoms with Gasteiger partial charge < -0.3 is 9.42 Å². The van der Waals surface area contributed by atoms with Gasteiger partial charge in [-0.3, -0.25) is 4.79 Å². The van der Waals surface area contributed by atoms with E-state index in [1.165, 1.54) is 6.20 Å². The van der Waals surface area contributed by atoms with Crippen molar-refractivity contribution in [2.75, 3.05) is 19.0 Å². The molecular formula is C10H15ClN2O2. The Bertz CT molecular complexity index is 319. The fourth-order valence-corrected chi connectivity index (χ4v) is 1.57. The van der Waals surface area contributed by atoms with Crippen LogP contribution in [0.25, 0.3) is 0 Å². The Morgan fingerprint density at radius 2 is 2.33 bits per heavy atom. The summed E-state index contributed by atoms with van der Waals surface area (Å²) in [7, 11) is 0. The highest BCUT2D eigenvalue weighted by Crippen LogP contribution is 2.10. The van der Waals surface area contributed by atoms with Gasteiger partial charge in [-0.25, -0.2) is 0 Å². The van der Waals surface area contributed by atoms with E-state index >= 15 is 0 Å². The van der Waals surface area contributed by atoms with E-state index < -0.39 is 0 Å². The van der Waals surface area contributed by atoms with Gasteiger partial charge in [0.1, 0.15) is 11.3 Å². The summed E-state index contributed by atoms with van der Waals surface area (Å²) in [5, 5.41) is 3.59. The molecule has 0 atom stereocenters. The molecule has 84 valence electrons. The van der Waals surface area contributed by atoms with Crippen LogP contribution in [0.3, 0.4) is 0 Å². The number of rotatable bonds is 5. The third-order valence-electron chi connectivity index (χ3n) is 2.12. The molecule has 0 N–H and O–H groups in total. The molecule has 0 saturated carbocycles. The summed E-state index contributed by atoms with van der Waals surface area (Å²) in [5.41, 5.74) is 0.522. The van der Waals surface area contributed by atoms with Crippen molar-refractivity contribution in [3.63, 3.8) is 0 Å². The number of nitrogens with zero attached hydrogens (tertiary/aromatic N) is 2. The Hall–Kier alpha value is -1.03. The summed E-state index contributed by atoms with van der Waals surface area (Å²) in [6.07, 6.45) is 2.36. The monoisotopic (exact) mass is 230 g/mol. The highest BCUT2D eigenvalue weighted by Gasteiger charge is 2.18. The van der Waals surface area contributed by atoms with E-state index in [0.717, 1.165) is 6.42 Å². The molecule has 1 rings (SSSR count). The van der Waals surface area contributed by atoms with Crippen LogP contribution in [0.15, 0.2) is 10.7 Å². The Morgan fingerprint density at radius 1 is 1.60 bits per heavy atom. The number of amides is 1. The Kier molecular flexibility index (Phi) is 4.62. The lowest BCUT2D eigenvalue weighted by Crippen LogP contribution is -2.33. The molecule has 1 aromatic rings. The van der Waals surface area contributed by atoms with E-state index in [1.54, 1.807) is 11.8 Å². The standard InChI is InChI=1S/C10H15ClN2O2/c1-3-5-13(6-4-11)10(14)9-7-12-15-8(9)2/h7H,3-6H2,1-2H3. The van der Waals surface area contributed by atoms with Crippen LogP contribution in [-0.2, 0) is 0 Å². The number of alkyl halides is 1. The largest absolute Gasteiger partial charge is 0.361 e. The first-order valence-corrected chi connectivity index (χ1v) is 5.50. The first kappa shape index (κ1) is 12.0. The van der Waals surface area contributed by atoms with E-state index in [0.29, 0.717) is 30.3 Å². The molecule has 1 heterocycles. The second-order valence-electron chi connectivity index (χ2n) is 3.28. The second-order valence-corrected chi connectivity index (χ2v) is 3.65. The molecule has 0 spiro atoms. The number of carbonyl (C=O) groups excluding carboxylic acids is 1. The lowest BCUT2D eigenvalue weighted by molar-refractivity contribution is 0.0764. The minimum Gasteiger partial charge on any atom is -0.361 e. The van der Waals surface area contributed by atoms with Gasteiger partial charge in [0.05, 0.1) is 6.20 Å². The smallest absolute Gasteiger partial charge is 0.259 e. The van der Waals surface area contributed by atoms with Gasteiger partial charge in [-0.15, -0.1) is 11.6 Å². The molecule has 0 unspecified atom stereocenters. The fraction of sp³-hybridized carbons (Fsp3) is 0.600. The van der Waals surface area contributed by atoms with Crippen molar-refractivity contribution in [2.45, 2.75) is 20.3 Å². The highest BCUT2D eigenvalue weighted by molar-refractivity contribution is 6.18. The van der Waals surface area contributed by atoms with Crippen molar-refractivity contribution in [1.82, 2.24) is 10.1 Å². The molecule has 15 heavy (non-hydrogen) atoms. The van der Waals surface area contributed by atoms with Crippen LogP contribution in [0.5, 0.6) is 0 Å². The van der Waals surface area contributed by atoms with Gasteiger partial charge in [0.2, 0.25) is 0 Å². The number of hydrogen-bond acceptors (Lipinski definition) is 3. The maximum Gasteiger partial charge on any atom is 0.259 e. The lowest BCUT2D eigenvalue weighted by Gasteiger charge is -2.20. The minimum atomic E-state index is -0.0590. The topological polar surface area (TPSA) is 46.3 Å². The molecule has 0 bridgehead atoms. The van der Waals surface area contributed by atoms with Crippen LogP contribution in [0.1, 0.15) is 29.5 Å². The van der Waals surface area contributed by atoms with Gasteiger partial charge >= 0.3 is 0 Å². The van der Waals surface area contributed by atoms with Crippen molar-refractivity contribution in [3.05, 3.63) is 17.5 Å². The Balaban J connectivity index is 2.76. The number of aryl methyl sites for hydroxylation is 1. The minimum absolute atomic E-state index is 0.0590. The van der Waals surface area contributed by atoms with Crippen LogP contribution >= 0.6 is 11.6 Å². The van der Waals surface area contributed by atoms with Crippen LogP contribution in [0.4, 0.5) is 0 Å². The van der Waals surface area contributed by atoms with E-state index in [-0.39, 0.29) is 5.91 Å². The van der Waals surface area contributed by atoms with Crippen LogP contribution in [-0.4, -0.2) is 34.9 Å². The molecule has 0 aromatic carbocycles. The van der Waals surface area contributed by atoms with E-state index in [1.807, 2.05) is 6.92 Å². The summed E-state index contributed by atoms with van der Waals surface area (Å²) in [4.78, 5) is 13.7. The molecule has 0 saturated heterocycles. The molecule has 0 aliphatic carbocycles. The molecule has 1 amide bonds. The van der Waals surface area contributed by atoms with Gasteiger partial charge in [0.15, 0.2) is 0 Å². The zero-order valence-electron chi connectivity index (χ0n) is 8.99. The van der Waals surface area contributed by atoms with Gasteiger partial charge in [-0.05, 0) is 13.3 Å². The summed E-state index contributed by atoms with van der Waals surface area (Å²) in [6.45, 7) is 5.01. The van der Waals surface area contributed by atoms with Crippen LogP contribution < -0.4 is 0 Å². The zero-order chi connectivity index (χ0) is 11.3. The van der Waals surface area contributed by atoms with Crippen LogP contribution in [0.2, 0.25) is 0 Å². The fourth-order valence-electron chi connectivity index (χ4n) is 1.36. The predicted molar refractivity (Wildman–Crippen MR) is 58.2 cm³/mol. The summed E-state index contributed by atoms with van der Waals surface area (Å²) < 4.78 is 4.86. The Labute approximate surface area is 94.2 Å². The summed E-state index contributed by atoms with van der Waals surface area (Å²) in [5.74, 6) is 0.933. The van der Waals surface area contributed by atoms with Gasteiger partial charge in [-0.1, -0.05) is 12.1 Å². The molecule has 4 nitrogen and oxygen atoms in total. The maximum atomic E-state index is 12.0. The Morgan fingerprint density at radius 3 is 2.80 bits per heavy atom. The third-order valence-corrected chi connectivity index (χ3v) is 2.29. The van der Waals surface area contributed by atoms with Crippen molar-refractivity contribution in [2.24, 2.45) is 0 Å². The predicted octanol–water partition coefficient (Wildman–Crippen LogP) is 2.07. The van der Waals surface area contributed by atoms with Crippen molar-refractivity contribution < 1.29 is 9.32 Å².